The van der Waals surface area contributed by atoms with E-state index < -0.39 is 0 Å². The van der Waals surface area contributed by atoms with Gasteiger partial charge in [-0.05, 0) is 38.1 Å². The summed E-state index contributed by atoms with van der Waals surface area (Å²) in [4.78, 5) is 2.53. The summed E-state index contributed by atoms with van der Waals surface area (Å²) in [6, 6.07) is 0.351. The van der Waals surface area contributed by atoms with Crippen LogP contribution in [0.3, 0.4) is 0 Å². The van der Waals surface area contributed by atoms with Gasteiger partial charge in [0.15, 0.2) is 0 Å². The quantitative estimate of drug-likeness (QED) is 0.638. The van der Waals surface area contributed by atoms with E-state index in [9.17, 15) is 0 Å². The molecular formula is C9H18N2. The summed E-state index contributed by atoms with van der Waals surface area (Å²) in [5.74, 6) is 0. The zero-order valence-corrected chi connectivity index (χ0v) is 7.34. The van der Waals surface area contributed by atoms with Gasteiger partial charge in [0.2, 0.25) is 0 Å². The lowest BCUT2D eigenvalue weighted by atomic mass is 10.1. The molecular weight excluding hydrogens is 136 g/mol. The highest BCUT2D eigenvalue weighted by Gasteiger charge is 2.47. The van der Waals surface area contributed by atoms with Crippen molar-refractivity contribution in [2.45, 2.75) is 32.2 Å². The first-order valence-electron chi connectivity index (χ1n) is 4.68. The summed E-state index contributed by atoms with van der Waals surface area (Å²) in [5, 5.41) is 0. The normalized spacial score (nSPS) is 31.1. The Morgan fingerprint density at radius 2 is 2.18 bits per heavy atom. The number of hydrogen-bond donors (Lipinski definition) is 1. The van der Waals surface area contributed by atoms with Crippen molar-refractivity contribution in [2.75, 3.05) is 19.6 Å². The minimum absolute atomic E-state index is 0.351. The highest BCUT2D eigenvalue weighted by atomic mass is 15.2. The molecule has 1 spiro atoms. The fourth-order valence-corrected chi connectivity index (χ4v) is 2.18. The van der Waals surface area contributed by atoms with Crippen LogP contribution in [0.15, 0.2) is 0 Å². The Morgan fingerprint density at radius 1 is 1.45 bits per heavy atom. The molecule has 0 amide bonds. The smallest absolute Gasteiger partial charge is 0.0139 e. The van der Waals surface area contributed by atoms with E-state index in [-0.39, 0.29) is 0 Å². The van der Waals surface area contributed by atoms with Gasteiger partial charge in [-0.25, -0.2) is 0 Å². The maximum Gasteiger partial charge on any atom is 0.0139 e. The average Bonchev–Trinajstić information content (AvgIpc) is 2.51. The van der Waals surface area contributed by atoms with Crippen molar-refractivity contribution in [1.82, 2.24) is 4.90 Å². The predicted molar refractivity (Wildman–Crippen MR) is 46.4 cm³/mol. The molecule has 1 heterocycles. The summed E-state index contributed by atoms with van der Waals surface area (Å²) >= 11 is 0. The molecule has 64 valence electrons. The lowest BCUT2D eigenvalue weighted by molar-refractivity contribution is 0.304. The summed E-state index contributed by atoms with van der Waals surface area (Å²) in [7, 11) is 0. The number of likely N-dealkylation sites (tertiary alicyclic amines) is 1. The van der Waals surface area contributed by atoms with Crippen LogP contribution in [-0.2, 0) is 0 Å². The third-order valence-corrected chi connectivity index (χ3v) is 3.02. The molecule has 0 bridgehead atoms. The van der Waals surface area contributed by atoms with Crippen molar-refractivity contribution in [3.8, 4) is 0 Å². The summed E-state index contributed by atoms with van der Waals surface area (Å²) in [6.07, 6.45) is 4.38. The zero-order chi connectivity index (χ0) is 7.90. The van der Waals surface area contributed by atoms with Crippen LogP contribution in [0, 0.1) is 5.41 Å². The zero-order valence-electron chi connectivity index (χ0n) is 7.34. The van der Waals surface area contributed by atoms with E-state index in [2.05, 4.69) is 11.8 Å². The molecule has 2 heteroatoms. The Kier molecular flexibility index (Phi) is 1.69. The standard InChI is InChI=1S/C9H18N2/c1-8(10)6-11-5-4-9(7-11)2-3-9/h8H,2-7,10H2,1H3/t8-/m1/s1. The summed E-state index contributed by atoms with van der Waals surface area (Å²) in [6.45, 7) is 5.82. The van der Waals surface area contributed by atoms with Gasteiger partial charge in [-0.2, -0.15) is 0 Å². The SMILES string of the molecule is C[C@@H](N)CN1CCC2(CC2)C1. The van der Waals surface area contributed by atoms with Crippen LogP contribution in [-0.4, -0.2) is 30.6 Å². The first-order chi connectivity index (χ1) is 5.20. The number of rotatable bonds is 2. The molecule has 2 N–H and O–H groups in total. The van der Waals surface area contributed by atoms with Crippen molar-refractivity contribution in [2.24, 2.45) is 11.1 Å². The fraction of sp³-hybridized carbons (Fsp3) is 1.00. The molecule has 2 nitrogen and oxygen atoms in total. The van der Waals surface area contributed by atoms with Crippen molar-refractivity contribution < 1.29 is 0 Å². The topological polar surface area (TPSA) is 29.3 Å². The van der Waals surface area contributed by atoms with Crippen LogP contribution in [0.25, 0.3) is 0 Å². The second-order valence-corrected chi connectivity index (χ2v) is 4.46. The maximum atomic E-state index is 5.74. The second-order valence-electron chi connectivity index (χ2n) is 4.46. The second kappa shape index (κ2) is 2.46. The van der Waals surface area contributed by atoms with Crippen LogP contribution in [0.1, 0.15) is 26.2 Å². The summed E-state index contributed by atoms with van der Waals surface area (Å²) in [5.41, 5.74) is 6.51. The van der Waals surface area contributed by atoms with Crippen LogP contribution in [0.4, 0.5) is 0 Å². The third kappa shape index (κ3) is 1.57. The van der Waals surface area contributed by atoms with Crippen molar-refractivity contribution >= 4 is 0 Å². The third-order valence-electron chi connectivity index (χ3n) is 3.02. The Hall–Kier alpha value is -0.0800. The maximum absolute atomic E-state index is 5.74. The first kappa shape index (κ1) is 7.56. The Balaban J connectivity index is 1.80. The number of nitrogens with two attached hydrogens (primary N) is 1. The molecule has 0 aromatic carbocycles. The van der Waals surface area contributed by atoms with Crippen molar-refractivity contribution in [3.63, 3.8) is 0 Å². The molecule has 1 atom stereocenters. The van der Waals surface area contributed by atoms with Gasteiger partial charge in [-0.3, -0.25) is 0 Å². The van der Waals surface area contributed by atoms with Crippen LogP contribution in [0.2, 0.25) is 0 Å². The van der Waals surface area contributed by atoms with Gasteiger partial charge >= 0.3 is 0 Å². The fourth-order valence-electron chi connectivity index (χ4n) is 2.18. The minimum atomic E-state index is 0.351. The Labute approximate surface area is 68.7 Å². The lowest BCUT2D eigenvalue weighted by Crippen LogP contribution is -2.34. The van der Waals surface area contributed by atoms with Gasteiger partial charge in [0.05, 0.1) is 0 Å². The van der Waals surface area contributed by atoms with Crippen LogP contribution >= 0.6 is 0 Å². The van der Waals surface area contributed by atoms with E-state index in [1.807, 2.05) is 0 Å². The van der Waals surface area contributed by atoms with Crippen LogP contribution < -0.4 is 5.73 Å². The molecule has 2 aliphatic rings. The average molecular weight is 154 g/mol. The summed E-state index contributed by atoms with van der Waals surface area (Å²) < 4.78 is 0. The van der Waals surface area contributed by atoms with E-state index in [1.165, 1.54) is 32.4 Å². The van der Waals surface area contributed by atoms with Gasteiger partial charge in [0.25, 0.3) is 0 Å². The molecule has 0 radical (unpaired) electrons. The van der Waals surface area contributed by atoms with Crippen LogP contribution in [0.5, 0.6) is 0 Å². The van der Waals surface area contributed by atoms with E-state index in [0.717, 1.165) is 12.0 Å². The highest BCUT2D eigenvalue weighted by Crippen LogP contribution is 2.52. The molecule has 11 heavy (non-hydrogen) atoms. The predicted octanol–water partition coefficient (Wildman–Crippen LogP) is 0.819. The van der Waals surface area contributed by atoms with E-state index >= 15 is 0 Å². The van der Waals surface area contributed by atoms with Gasteiger partial charge in [0, 0.05) is 19.1 Å². The van der Waals surface area contributed by atoms with E-state index in [4.69, 9.17) is 5.73 Å². The lowest BCUT2D eigenvalue weighted by Gasteiger charge is -2.17. The van der Waals surface area contributed by atoms with Gasteiger partial charge in [-0.15, -0.1) is 0 Å². The largest absolute Gasteiger partial charge is 0.327 e. The molecule has 1 saturated carbocycles. The van der Waals surface area contributed by atoms with Gasteiger partial charge in [0.1, 0.15) is 0 Å². The molecule has 2 rings (SSSR count). The Morgan fingerprint density at radius 3 is 2.64 bits per heavy atom. The van der Waals surface area contributed by atoms with Crippen molar-refractivity contribution in [1.29, 1.82) is 0 Å². The number of hydrogen-bond acceptors (Lipinski definition) is 2. The molecule has 1 aliphatic carbocycles. The first-order valence-corrected chi connectivity index (χ1v) is 4.68. The molecule has 0 unspecified atom stereocenters. The number of nitrogens with zero attached hydrogens (tertiary/aromatic N) is 1. The molecule has 2 fully saturated rings. The Bertz CT molecular complexity index is 150. The minimum Gasteiger partial charge on any atom is -0.327 e. The van der Waals surface area contributed by atoms with E-state index in [0.29, 0.717) is 6.04 Å². The van der Waals surface area contributed by atoms with Crippen molar-refractivity contribution in [3.05, 3.63) is 0 Å². The molecule has 0 aromatic heterocycles. The van der Waals surface area contributed by atoms with E-state index in [1.54, 1.807) is 0 Å². The monoisotopic (exact) mass is 154 g/mol. The highest BCUT2D eigenvalue weighted by molar-refractivity contribution is 5.00. The van der Waals surface area contributed by atoms with Gasteiger partial charge in [-0.1, -0.05) is 0 Å². The molecule has 1 aliphatic heterocycles. The molecule has 0 aromatic rings. The molecule has 1 saturated heterocycles. The van der Waals surface area contributed by atoms with Gasteiger partial charge < -0.3 is 10.6 Å².